The molecule has 15 heavy (non-hydrogen) atoms. The molecule has 0 aromatic rings. The van der Waals surface area contributed by atoms with Crippen LogP contribution in [0.15, 0.2) is 0 Å². The lowest BCUT2D eigenvalue weighted by molar-refractivity contribution is 0.127. The number of rotatable bonds is 7. The molecule has 90 valence electrons. The lowest BCUT2D eigenvalue weighted by Gasteiger charge is -2.10. The molecule has 6 heteroatoms. The van der Waals surface area contributed by atoms with Crippen LogP contribution in [0.3, 0.4) is 0 Å². The van der Waals surface area contributed by atoms with E-state index in [2.05, 4.69) is 20.7 Å². The van der Waals surface area contributed by atoms with Crippen molar-refractivity contribution in [1.29, 1.82) is 0 Å². The van der Waals surface area contributed by atoms with E-state index < -0.39 is 10.0 Å². The molecular formula is C9H18BrNO3S. The van der Waals surface area contributed by atoms with Crippen LogP contribution in [-0.4, -0.2) is 38.8 Å². The van der Waals surface area contributed by atoms with Crippen LogP contribution in [0.1, 0.15) is 25.7 Å². The molecule has 1 saturated heterocycles. The van der Waals surface area contributed by atoms with Crippen LogP contribution >= 0.6 is 15.9 Å². The Morgan fingerprint density at radius 1 is 1.40 bits per heavy atom. The highest BCUT2D eigenvalue weighted by molar-refractivity contribution is 9.09. The molecule has 0 spiro atoms. The lowest BCUT2D eigenvalue weighted by Crippen LogP contribution is -2.32. The molecule has 4 nitrogen and oxygen atoms in total. The molecule has 0 aliphatic carbocycles. The minimum atomic E-state index is -3.14. The minimum Gasteiger partial charge on any atom is -0.377 e. The maximum Gasteiger partial charge on any atom is 0.214 e. The highest BCUT2D eigenvalue weighted by atomic mass is 79.9. The molecule has 0 aromatic carbocycles. The standard InChI is InChI=1S/C9H18BrNO3S/c10-5-1-2-6-11-15(12,13)8-9-4-3-7-14-9/h9,11H,1-8H2. The third kappa shape index (κ3) is 5.85. The number of unbranched alkanes of at least 4 members (excludes halogenated alkanes) is 1. The SMILES string of the molecule is O=S(=O)(CC1CCCO1)NCCCCBr. The molecule has 1 unspecified atom stereocenters. The van der Waals surface area contributed by atoms with Gasteiger partial charge >= 0.3 is 0 Å². The van der Waals surface area contributed by atoms with Crippen molar-refractivity contribution < 1.29 is 13.2 Å². The van der Waals surface area contributed by atoms with Crippen LogP contribution in [0, 0.1) is 0 Å². The van der Waals surface area contributed by atoms with Crippen LogP contribution in [0.25, 0.3) is 0 Å². The van der Waals surface area contributed by atoms with Crippen molar-refractivity contribution in [2.75, 3.05) is 24.2 Å². The molecule has 1 heterocycles. The highest BCUT2D eigenvalue weighted by Crippen LogP contribution is 2.13. The topological polar surface area (TPSA) is 55.4 Å². The maximum atomic E-state index is 11.5. The van der Waals surface area contributed by atoms with Crippen molar-refractivity contribution in [3.63, 3.8) is 0 Å². The molecule has 0 bridgehead atoms. The second-order valence-corrected chi connectivity index (χ2v) is 6.35. The number of sulfonamides is 1. The summed E-state index contributed by atoms with van der Waals surface area (Å²) in [6, 6.07) is 0. The molecule has 1 fully saturated rings. The summed E-state index contributed by atoms with van der Waals surface area (Å²) >= 11 is 3.30. The van der Waals surface area contributed by atoms with Gasteiger partial charge in [0.15, 0.2) is 0 Å². The summed E-state index contributed by atoms with van der Waals surface area (Å²) in [6.07, 6.45) is 3.60. The highest BCUT2D eigenvalue weighted by Gasteiger charge is 2.22. The van der Waals surface area contributed by atoms with E-state index in [0.29, 0.717) is 13.2 Å². The first-order chi connectivity index (χ1) is 7.14. The summed E-state index contributed by atoms with van der Waals surface area (Å²) in [5.74, 6) is 0.112. The van der Waals surface area contributed by atoms with E-state index in [9.17, 15) is 8.42 Å². The van der Waals surface area contributed by atoms with Gasteiger partial charge in [0, 0.05) is 18.5 Å². The number of hydrogen-bond acceptors (Lipinski definition) is 3. The van der Waals surface area contributed by atoms with Crippen molar-refractivity contribution in [1.82, 2.24) is 4.72 Å². The summed E-state index contributed by atoms with van der Waals surface area (Å²) in [6.45, 7) is 1.23. The van der Waals surface area contributed by atoms with Crippen LogP contribution in [0.2, 0.25) is 0 Å². The molecule has 0 radical (unpaired) electrons. The summed E-state index contributed by atoms with van der Waals surface area (Å²) < 4.78 is 31.0. The van der Waals surface area contributed by atoms with E-state index in [1.165, 1.54) is 0 Å². The van der Waals surface area contributed by atoms with Gasteiger partial charge in [-0.15, -0.1) is 0 Å². The summed E-state index contributed by atoms with van der Waals surface area (Å²) in [7, 11) is -3.14. The smallest absolute Gasteiger partial charge is 0.214 e. The summed E-state index contributed by atoms with van der Waals surface area (Å²) in [4.78, 5) is 0. The Labute approximate surface area is 99.9 Å². The van der Waals surface area contributed by atoms with E-state index in [-0.39, 0.29) is 11.9 Å². The Morgan fingerprint density at radius 2 is 2.20 bits per heavy atom. The van der Waals surface area contributed by atoms with Crippen LogP contribution in [0.5, 0.6) is 0 Å². The van der Waals surface area contributed by atoms with E-state index >= 15 is 0 Å². The maximum absolute atomic E-state index is 11.5. The fourth-order valence-corrected chi connectivity index (χ4v) is 3.25. The molecule has 0 aromatic heterocycles. The molecule has 1 rings (SSSR count). The van der Waals surface area contributed by atoms with Gasteiger partial charge < -0.3 is 4.74 Å². The second-order valence-electron chi connectivity index (χ2n) is 3.71. The number of ether oxygens (including phenoxy) is 1. The summed E-state index contributed by atoms with van der Waals surface area (Å²) in [5.41, 5.74) is 0. The Bertz CT molecular complexity index is 263. The van der Waals surface area contributed by atoms with Gasteiger partial charge in [-0.1, -0.05) is 15.9 Å². The van der Waals surface area contributed by atoms with Crippen molar-refractivity contribution in [3.05, 3.63) is 0 Å². The fraction of sp³-hybridized carbons (Fsp3) is 1.00. The average Bonchev–Trinajstić information content (AvgIpc) is 2.64. The van der Waals surface area contributed by atoms with Crippen molar-refractivity contribution in [2.45, 2.75) is 31.8 Å². The number of nitrogens with one attached hydrogen (secondary N) is 1. The Balaban J connectivity index is 2.19. The van der Waals surface area contributed by atoms with E-state index in [1.807, 2.05) is 0 Å². The summed E-state index contributed by atoms with van der Waals surface area (Å²) in [5, 5.41) is 0.917. The fourth-order valence-electron chi connectivity index (χ4n) is 1.53. The van der Waals surface area contributed by atoms with Gasteiger partial charge in [0.1, 0.15) is 0 Å². The molecular weight excluding hydrogens is 282 g/mol. The first-order valence-corrected chi connectivity index (χ1v) is 8.06. The molecule has 0 saturated carbocycles. The second kappa shape index (κ2) is 6.83. The zero-order valence-electron chi connectivity index (χ0n) is 8.75. The van der Waals surface area contributed by atoms with Crippen LogP contribution in [0.4, 0.5) is 0 Å². The lowest BCUT2D eigenvalue weighted by atomic mass is 10.3. The molecule has 0 amide bonds. The first kappa shape index (κ1) is 13.4. The van der Waals surface area contributed by atoms with Gasteiger partial charge in [0.25, 0.3) is 0 Å². The Hall–Kier alpha value is 0.350. The van der Waals surface area contributed by atoms with Crippen LogP contribution in [-0.2, 0) is 14.8 Å². The largest absolute Gasteiger partial charge is 0.377 e. The average molecular weight is 300 g/mol. The van der Waals surface area contributed by atoms with Crippen LogP contribution < -0.4 is 4.72 Å². The van der Waals surface area contributed by atoms with Gasteiger partial charge in [0.2, 0.25) is 10.0 Å². The predicted molar refractivity (Wildman–Crippen MR) is 63.8 cm³/mol. The zero-order valence-corrected chi connectivity index (χ0v) is 11.1. The van der Waals surface area contributed by atoms with Gasteiger partial charge in [-0.2, -0.15) is 0 Å². The normalized spacial score (nSPS) is 22.1. The number of alkyl halides is 1. The number of hydrogen-bond donors (Lipinski definition) is 1. The third-order valence-corrected chi connectivity index (χ3v) is 4.33. The first-order valence-electron chi connectivity index (χ1n) is 5.29. The monoisotopic (exact) mass is 299 g/mol. The van der Waals surface area contributed by atoms with E-state index in [1.54, 1.807) is 0 Å². The van der Waals surface area contributed by atoms with Gasteiger partial charge in [-0.05, 0) is 25.7 Å². The number of halogens is 1. The Kier molecular flexibility index (Phi) is 6.11. The third-order valence-electron chi connectivity index (χ3n) is 2.31. The van der Waals surface area contributed by atoms with Crippen molar-refractivity contribution >= 4 is 26.0 Å². The van der Waals surface area contributed by atoms with Gasteiger partial charge in [0.05, 0.1) is 11.9 Å². The molecule has 1 atom stereocenters. The molecule has 1 N–H and O–H groups in total. The molecule has 1 aliphatic heterocycles. The predicted octanol–water partition coefficient (Wildman–Crippen LogP) is 1.26. The molecule has 1 aliphatic rings. The van der Waals surface area contributed by atoms with E-state index in [4.69, 9.17) is 4.74 Å². The van der Waals surface area contributed by atoms with Gasteiger partial charge in [-0.25, -0.2) is 13.1 Å². The zero-order chi connectivity index (χ0) is 11.1. The Morgan fingerprint density at radius 3 is 2.80 bits per heavy atom. The van der Waals surface area contributed by atoms with Crippen molar-refractivity contribution in [2.24, 2.45) is 0 Å². The quantitative estimate of drug-likeness (QED) is 0.569. The van der Waals surface area contributed by atoms with E-state index in [0.717, 1.165) is 31.0 Å². The minimum absolute atomic E-state index is 0.0984. The van der Waals surface area contributed by atoms with Crippen molar-refractivity contribution in [3.8, 4) is 0 Å². The van der Waals surface area contributed by atoms with Gasteiger partial charge in [-0.3, -0.25) is 0 Å².